The van der Waals surface area contributed by atoms with Gasteiger partial charge in [-0.2, -0.15) is 0 Å². The number of rotatable bonds is 16. The minimum Gasteiger partial charge on any atom is -0.449 e. The number of benzene rings is 1. The molecule has 3 nitrogen and oxygen atoms in total. The number of fused-ring (bicyclic) bond motifs is 2. The van der Waals surface area contributed by atoms with Gasteiger partial charge in [0.25, 0.3) is 0 Å². The van der Waals surface area contributed by atoms with E-state index in [1.165, 1.54) is 89.9 Å². The summed E-state index contributed by atoms with van der Waals surface area (Å²) in [5.74, 6) is 1.09. The van der Waals surface area contributed by atoms with Crippen molar-refractivity contribution in [1.82, 2.24) is 0 Å². The van der Waals surface area contributed by atoms with Crippen LogP contribution >= 0.6 is 11.8 Å². The topological polar surface area (TPSA) is 43.4 Å². The number of aryl methyl sites for hydroxylation is 2. The highest BCUT2D eigenvalue weighted by atomic mass is 32.2. The van der Waals surface area contributed by atoms with Crippen molar-refractivity contribution in [2.45, 2.75) is 116 Å². The lowest BCUT2D eigenvalue weighted by molar-refractivity contribution is 0.510. The lowest BCUT2D eigenvalue weighted by Crippen LogP contribution is -1.98. The Labute approximate surface area is 203 Å². The van der Waals surface area contributed by atoms with E-state index in [1.807, 2.05) is 13.8 Å². The molecular weight excluding hydrogens is 428 g/mol. The minimum absolute atomic E-state index is 0.304. The summed E-state index contributed by atoms with van der Waals surface area (Å²) in [5.41, 5.74) is 3.03. The van der Waals surface area contributed by atoms with E-state index in [4.69, 9.17) is 8.83 Å². The van der Waals surface area contributed by atoms with Crippen LogP contribution in [0.4, 0.5) is 0 Å². The third kappa shape index (κ3) is 7.95. The molecule has 1 aromatic carbocycles. The molecule has 4 heteroatoms. The summed E-state index contributed by atoms with van der Waals surface area (Å²) in [6, 6.07) is 5.76. The van der Waals surface area contributed by atoms with Gasteiger partial charge in [-0.25, -0.2) is 4.79 Å². The molecule has 0 amide bonds. The Kier molecular flexibility index (Phi) is 10.9. The van der Waals surface area contributed by atoms with Gasteiger partial charge >= 0.3 is 5.63 Å². The molecule has 0 N–H and O–H groups in total. The molecular formula is C29H42O3S. The Balaban J connectivity index is 1.30. The second kappa shape index (κ2) is 13.9. The summed E-state index contributed by atoms with van der Waals surface area (Å²) in [7, 11) is 0. The predicted molar refractivity (Wildman–Crippen MR) is 143 cm³/mol. The van der Waals surface area contributed by atoms with E-state index in [9.17, 15) is 4.79 Å². The molecule has 3 rings (SSSR count). The molecule has 3 aromatic rings. The molecule has 33 heavy (non-hydrogen) atoms. The van der Waals surface area contributed by atoms with Gasteiger partial charge < -0.3 is 8.83 Å². The number of furan rings is 1. The fourth-order valence-corrected chi connectivity index (χ4v) is 5.56. The van der Waals surface area contributed by atoms with Gasteiger partial charge in [0.1, 0.15) is 11.2 Å². The largest absolute Gasteiger partial charge is 0.449 e. The van der Waals surface area contributed by atoms with Crippen LogP contribution in [-0.4, -0.2) is 5.75 Å². The van der Waals surface area contributed by atoms with Gasteiger partial charge in [0.2, 0.25) is 0 Å². The van der Waals surface area contributed by atoms with Gasteiger partial charge in [0, 0.05) is 28.2 Å². The second-order valence-electron chi connectivity index (χ2n) is 9.56. The Hall–Kier alpha value is -1.68. The summed E-state index contributed by atoms with van der Waals surface area (Å²) >= 11 is 1.79. The van der Waals surface area contributed by atoms with Crippen LogP contribution in [-0.2, 0) is 0 Å². The van der Waals surface area contributed by atoms with E-state index in [1.54, 1.807) is 17.8 Å². The lowest BCUT2D eigenvalue weighted by Gasteiger charge is -2.04. The SMILES string of the molecule is CCCCCCCCCCCCCCCCSc1cc2cc3c(C)cc(=O)oc3c(C)c2o1. The first-order valence-electron chi connectivity index (χ1n) is 13.2. The van der Waals surface area contributed by atoms with Gasteiger partial charge in [-0.1, -0.05) is 102 Å². The lowest BCUT2D eigenvalue weighted by atomic mass is 10.0. The molecule has 0 saturated heterocycles. The number of thioether (sulfide) groups is 1. The summed E-state index contributed by atoms with van der Waals surface area (Å²) in [6.07, 6.45) is 19.4. The zero-order valence-corrected chi connectivity index (χ0v) is 21.8. The van der Waals surface area contributed by atoms with E-state index in [0.717, 1.165) is 38.3 Å². The highest BCUT2D eigenvalue weighted by Crippen LogP contribution is 2.34. The van der Waals surface area contributed by atoms with Crippen LogP contribution in [0, 0.1) is 13.8 Å². The molecule has 0 aliphatic heterocycles. The minimum atomic E-state index is -0.304. The Bertz CT molecular complexity index is 1050. The summed E-state index contributed by atoms with van der Waals surface area (Å²) < 4.78 is 11.6. The van der Waals surface area contributed by atoms with E-state index in [0.29, 0.717) is 5.58 Å². The monoisotopic (exact) mass is 470 g/mol. The van der Waals surface area contributed by atoms with Crippen molar-refractivity contribution in [3.05, 3.63) is 39.7 Å². The molecule has 0 aliphatic carbocycles. The third-order valence-electron chi connectivity index (χ3n) is 6.67. The average Bonchev–Trinajstić information content (AvgIpc) is 3.21. The van der Waals surface area contributed by atoms with Crippen LogP contribution in [0.2, 0.25) is 0 Å². The van der Waals surface area contributed by atoms with Crippen molar-refractivity contribution in [2.75, 3.05) is 5.75 Å². The highest BCUT2D eigenvalue weighted by molar-refractivity contribution is 7.99. The molecule has 0 fully saturated rings. The van der Waals surface area contributed by atoms with Gasteiger partial charge in [0.15, 0.2) is 5.09 Å². The second-order valence-corrected chi connectivity index (χ2v) is 10.7. The van der Waals surface area contributed by atoms with Crippen molar-refractivity contribution in [2.24, 2.45) is 0 Å². The first-order valence-corrected chi connectivity index (χ1v) is 14.2. The zero-order valence-electron chi connectivity index (χ0n) is 21.0. The van der Waals surface area contributed by atoms with Gasteiger partial charge in [-0.05, 0) is 38.0 Å². The fraction of sp³-hybridized carbons (Fsp3) is 0.621. The number of hydrogen-bond acceptors (Lipinski definition) is 4. The predicted octanol–water partition coefficient (Wildman–Crippen LogP) is 9.73. The number of unbranched alkanes of at least 4 members (excludes halogenated alkanes) is 13. The third-order valence-corrected chi connectivity index (χ3v) is 7.65. The van der Waals surface area contributed by atoms with E-state index in [2.05, 4.69) is 19.1 Å². The molecule has 2 aromatic heterocycles. The van der Waals surface area contributed by atoms with E-state index < -0.39 is 0 Å². The highest BCUT2D eigenvalue weighted by Gasteiger charge is 2.14. The summed E-state index contributed by atoms with van der Waals surface area (Å²) in [6.45, 7) is 6.21. The maximum absolute atomic E-state index is 11.8. The van der Waals surface area contributed by atoms with Gasteiger partial charge in [0.05, 0.1) is 0 Å². The van der Waals surface area contributed by atoms with Crippen LogP contribution < -0.4 is 5.63 Å². The van der Waals surface area contributed by atoms with Crippen LogP contribution in [0.25, 0.3) is 21.9 Å². The quantitative estimate of drug-likeness (QED) is 0.119. The first kappa shape index (κ1) is 25.9. The summed E-state index contributed by atoms with van der Waals surface area (Å²) in [4.78, 5) is 11.8. The van der Waals surface area contributed by atoms with E-state index >= 15 is 0 Å². The van der Waals surface area contributed by atoms with Crippen molar-refractivity contribution >= 4 is 33.7 Å². The average molecular weight is 471 g/mol. The van der Waals surface area contributed by atoms with Crippen molar-refractivity contribution < 1.29 is 8.83 Å². The molecule has 2 heterocycles. The normalized spacial score (nSPS) is 11.7. The molecule has 0 spiro atoms. The Morgan fingerprint density at radius 1 is 0.697 bits per heavy atom. The summed E-state index contributed by atoms with van der Waals surface area (Å²) in [5, 5.41) is 3.03. The maximum atomic E-state index is 11.8. The van der Waals surface area contributed by atoms with Crippen LogP contribution in [0.3, 0.4) is 0 Å². The van der Waals surface area contributed by atoms with Crippen molar-refractivity contribution in [1.29, 1.82) is 0 Å². The first-order chi connectivity index (χ1) is 16.1. The molecule has 0 atom stereocenters. The molecule has 182 valence electrons. The van der Waals surface area contributed by atoms with Gasteiger partial charge in [-0.3, -0.25) is 0 Å². The molecule has 0 bridgehead atoms. The van der Waals surface area contributed by atoms with Gasteiger partial charge in [-0.15, -0.1) is 0 Å². The molecule has 0 radical (unpaired) electrons. The van der Waals surface area contributed by atoms with Crippen molar-refractivity contribution in [3.63, 3.8) is 0 Å². The van der Waals surface area contributed by atoms with Crippen LogP contribution in [0.5, 0.6) is 0 Å². The van der Waals surface area contributed by atoms with Crippen molar-refractivity contribution in [3.8, 4) is 0 Å². The Morgan fingerprint density at radius 3 is 1.88 bits per heavy atom. The Morgan fingerprint density at radius 2 is 1.27 bits per heavy atom. The van der Waals surface area contributed by atoms with Crippen LogP contribution in [0.1, 0.15) is 108 Å². The zero-order chi connectivity index (χ0) is 23.5. The fourth-order valence-electron chi connectivity index (χ4n) is 4.66. The molecule has 0 saturated carbocycles. The van der Waals surface area contributed by atoms with Crippen LogP contribution in [0.15, 0.2) is 36.9 Å². The smallest absolute Gasteiger partial charge is 0.336 e. The molecule has 0 unspecified atom stereocenters. The number of hydrogen-bond donors (Lipinski definition) is 0. The standard InChI is InChI=1S/C29H42O3S/c1-4-5-6-7-8-9-10-11-12-13-14-15-16-17-18-33-27-21-24-20-25-22(2)19-26(30)31-29(25)23(3)28(24)32-27/h19-21H,4-18H2,1-3H3. The maximum Gasteiger partial charge on any atom is 0.336 e. The van der Waals surface area contributed by atoms with E-state index in [-0.39, 0.29) is 5.63 Å². The molecule has 0 aliphatic rings.